The second-order valence-electron chi connectivity index (χ2n) is 5.66. The summed E-state index contributed by atoms with van der Waals surface area (Å²) in [6.07, 6.45) is 3.38. The van der Waals surface area contributed by atoms with E-state index in [9.17, 15) is 19.7 Å². The number of hydrogen-bond acceptors (Lipinski definition) is 5. The fraction of sp³-hybridized carbons (Fsp3) is 0.467. The molecule has 116 valence electrons. The Kier molecular flexibility index (Phi) is 3.89. The zero-order valence-corrected chi connectivity index (χ0v) is 12.1. The molecule has 22 heavy (non-hydrogen) atoms. The molecule has 0 aliphatic carbocycles. The van der Waals surface area contributed by atoms with Crippen molar-refractivity contribution in [2.45, 2.75) is 31.7 Å². The smallest absolute Gasteiger partial charge is 0.271 e. The standard InChI is InChI=1S/C15H17N3O4/c19-14-10-13(16-7-2-1-3-8-16)15(20)17(14)11-5-4-6-12(9-11)18(21)22/h4-6,9,13H,1-3,7-8,10H2/t13-/m0/s1. The lowest BCUT2D eigenvalue weighted by Crippen LogP contribution is -2.44. The highest BCUT2D eigenvalue weighted by Gasteiger charge is 2.43. The molecule has 0 spiro atoms. The summed E-state index contributed by atoms with van der Waals surface area (Å²) >= 11 is 0. The van der Waals surface area contributed by atoms with Crippen LogP contribution in [0.25, 0.3) is 0 Å². The van der Waals surface area contributed by atoms with Gasteiger partial charge in [-0.15, -0.1) is 0 Å². The van der Waals surface area contributed by atoms with Crippen LogP contribution in [0.2, 0.25) is 0 Å². The molecule has 7 heteroatoms. The van der Waals surface area contributed by atoms with Crippen molar-refractivity contribution >= 4 is 23.2 Å². The Morgan fingerprint density at radius 2 is 1.86 bits per heavy atom. The minimum atomic E-state index is -0.531. The minimum Gasteiger partial charge on any atom is -0.292 e. The molecule has 0 N–H and O–H groups in total. The molecule has 2 saturated heterocycles. The van der Waals surface area contributed by atoms with Gasteiger partial charge in [0.25, 0.3) is 11.6 Å². The number of imide groups is 1. The number of carbonyl (C=O) groups is 2. The normalized spacial score (nSPS) is 23.1. The maximum atomic E-state index is 12.6. The van der Waals surface area contributed by atoms with Crippen LogP contribution >= 0.6 is 0 Å². The molecule has 0 saturated carbocycles. The predicted molar refractivity (Wildman–Crippen MR) is 79.4 cm³/mol. The van der Waals surface area contributed by atoms with Crippen LogP contribution in [0.3, 0.4) is 0 Å². The Morgan fingerprint density at radius 1 is 1.14 bits per heavy atom. The van der Waals surface area contributed by atoms with E-state index >= 15 is 0 Å². The van der Waals surface area contributed by atoms with Crippen LogP contribution in [-0.4, -0.2) is 40.8 Å². The summed E-state index contributed by atoms with van der Waals surface area (Å²) in [5.74, 6) is -0.562. The largest absolute Gasteiger partial charge is 0.292 e. The third-order valence-electron chi connectivity index (χ3n) is 4.25. The molecule has 2 heterocycles. The Morgan fingerprint density at radius 3 is 2.55 bits per heavy atom. The van der Waals surface area contributed by atoms with Crippen LogP contribution in [-0.2, 0) is 9.59 Å². The van der Waals surface area contributed by atoms with Crippen molar-refractivity contribution < 1.29 is 14.5 Å². The molecule has 2 aliphatic heterocycles. The van der Waals surface area contributed by atoms with Gasteiger partial charge in [-0.3, -0.25) is 24.6 Å². The zero-order chi connectivity index (χ0) is 15.7. The van der Waals surface area contributed by atoms with E-state index in [1.165, 1.54) is 18.2 Å². The van der Waals surface area contributed by atoms with Crippen molar-refractivity contribution in [2.75, 3.05) is 18.0 Å². The SMILES string of the molecule is O=C1C[C@H](N2CCCCC2)C(=O)N1c1cccc([N+](=O)[O-])c1. The second kappa shape index (κ2) is 5.84. The molecule has 0 aromatic heterocycles. The number of amides is 2. The first-order chi connectivity index (χ1) is 10.6. The highest BCUT2D eigenvalue weighted by atomic mass is 16.6. The first-order valence-corrected chi connectivity index (χ1v) is 7.43. The predicted octanol–water partition coefficient (Wildman–Crippen LogP) is 1.71. The number of nitrogens with zero attached hydrogens (tertiary/aromatic N) is 3. The number of nitro benzene ring substituents is 1. The van der Waals surface area contributed by atoms with Gasteiger partial charge in [-0.05, 0) is 32.0 Å². The highest BCUT2D eigenvalue weighted by molar-refractivity contribution is 6.22. The molecule has 1 atom stereocenters. The molecule has 0 radical (unpaired) electrons. The number of nitro groups is 1. The molecular weight excluding hydrogens is 286 g/mol. The summed E-state index contributed by atoms with van der Waals surface area (Å²) in [4.78, 5) is 38.3. The Hall–Kier alpha value is -2.28. The Labute approximate surface area is 127 Å². The lowest BCUT2D eigenvalue weighted by atomic mass is 10.1. The molecule has 0 bridgehead atoms. The van der Waals surface area contributed by atoms with Gasteiger partial charge in [0.2, 0.25) is 5.91 Å². The van der Waals surface area contributed by atoms with Crippen LogP contribution < -0.4 is 4.90 Å². The molecule has 1 aromatic rings. The fourth-order valence-corrected chi connectivity index (χ4v) is 3.15. The average molecular weight is 303 g/mol. The van der Waals surface area contributed by atoms with Gasteiger partial charge in [0.05, 0.1) is 23.1 Å². The molecule has 2 fully saturated rings. The highest BCUT2D eigenvalue weighted by Crippen LogP contribution is 2.29. The molecule has 1 aromatic carbocycles. The average Bonchev–Trinajstić information content (AvgIpc) is 2.83. The Balaban J connectivity index is 1.85. The van der Waals surface area contributed by atoms with Crippen molar-refractivity contribution in [3.63, 3.8) is 0 Å². The van der Waals surface area contributed by atoms with Gasteiger partial charge < -0.3 is 0 Å². The summed E-state index contributed by atoms with van der Waals surface area (Å²) in [7, 11) is 0. The van der Waals surface area contributed by atoms with Crippen LogP contribution in [0.15, 0.2) is 24.3 Å². The summed E-state index contributed by atoms with van der Waals surface area (Å²) in [5.41, 5.74) is 0.156. The van der Waals surface area contributed by atoms with E-state index in [4.69, 9.17) is 0 Å². The van der Waals surface area contributed by atoms with Crippen molar-refractivity contribution in [2.24, 2.45) is 0 Å². The summed E-state index contributed by atoms with van der Waals surface area (Å²) in [5, 5.41) is 10.9. The second-order valence-corrected chi connectivity index (χ2v) is 5.66. The molecule has 2 aliphatic rings. The third kappa shape index (κ3) is 2.59. The van der Waals surface area contributed by atoms with Gasteiger partial charge in [-0.25, -0.2) is 4.90 Å². The first kappa shape index (κ1) is 14.6. The maximum absolute atomic E-state index is 12.6. The van der Waals surface area contributed by atoms with E-state index in [-0.39, 0.29) is 29.6 Å². The quantitative estimate of drug-likeness (QED) is 0.482. The maximum Gasteiger partial charge on any atom is 0.271 e. The van der Waals surface area contributed by atoms with E-state index in [0.29, 0.717) is 0 Å². The van der Waals surface area contributed by atoms with Gasteiger partial charge in [0, 0.05) is 12.1 Å². The van der Waals surface area contributed by atoms with Crippen LogP contribution in [0.1, 0.15) is 25.7 Å². The number of rotatable bonds is 3. The minimum absolute atomic E-state index is 0.125. The van der Waals surface area contributed by atoms with E-state index in [1.807, 2.05) is 0 Å². The number of likely N-dealkylation sites (tertiary alicyclic amines) is 1. The van der Waals surface area contributed by atoms with E-state index in [0.717, 1.165) is 37.3 Å². The molecule has 0 unspecified atom stereocenters. The van der Waals surface area contributed by atoms with E-state index in [1.54, 1.807) is 6.07 Å². The molecule has 7 nitrogen and oxygen atoms in total. The van der Waals surface area contributed by atoms with Gasteiger partial charge in [0.15, 0.2) is 0 Å². The third-order valence-corrected chi connectivity index (χ3v) is 4.25. The number of anilines is 1. The summed E-state index contributed by atoms with van der Waals surface area (Å²) in [6.45, 7) is 1.65. The number of non-ortho nitro benzene ring substituents is 1. The van der Waals surface area contributed by atoms with Crippen LogP contribution in [0.5, 0.6) is 0 Å². The summed E-state index contributed by atoms with van der Waals surface area (Å²) < 4.78 is 0. The van der Waals surface area contributed by atoms with E-state index < -0.39 is 11.0 Å². The van der Waals surface area contributed by atoms with Crippen molar-refractivity contribution in [1.82, 2.24) is 4.90 Å². The van der Waals surface area contributed by atoms with Gasteiger partial charge in [-0.2, -0.15) is 0 Å². The molecule has 3 rings (SSSR count). The van der Waals surface area contributed by atoms with Crippen molar-refractivity contribution in [1.29, 1.82) is 0 Å². The van der Waals surface area contributed by atoms with Crippen LogP contribution in [0.4, 0.5) is 11.4 Å². The number of hydrogen-bond donors (Lipinski definition) is 0. The lowest BCUT2D eigenvalue weighted by molar-refractivity contribution is -0.384. The molecule has 2 amide bonds. The van der Waals surface area contributed by atoms with Crippen molar-refractivity contribution in [3.8, 4) is 0 Å². The van der Waals surface area contributed by atoms with Crippen LogP contribution in [0, 0.1) is 10.1 Å². The van der Waals surface area contributed by atoms with Crippen molar-refractivity contribution in [3.05, 3.63) is 34.4 Å². The number of piperidine rings is 1. The molecular formula is C15H17N3O4. The van der Waals surface area contributed by atoms with E-state index in [2.05, 4.69) is 4.90 Å². The lowest BCUT2D eigenvalue weighted by Gasteiger charge is -2.30. The number of carbonyl (C=O) groups excluding carboxylic acids is 2. The fourth-order valence-electron chi connectivity index (χ4n) is 3.15. The monoisotopic (exact) mass is 303 g/mol. The topological polar surface area (TPSA) is 83.8 Å². The van der Waals surface area contributed by atoms with Gasteiger partial charge >= 0.3 is 0 Å². The number of benzene rings is 1. The zero-order valence-electron chi connectivity index (χ0n) is 12.1. The summed E-state index contributed by atoms with van der Waals surface area (Å²) in [6, 6.07) is 5.24. The Bertz CT molecular complexity index is 625. The first-order valence-electron chi connectivity index (χ1n) is 7.43. The van der Waals surface area contributed by atoms with Gasteiger partial charge in [-0.1, -0.05) is 12.5 Å². The van der Waals surface area contributed by atoms with Gasteiger partial charge in [0.1, 0.15) is 0 Å².